The molecule has 0 spiro atoms. The molecule has 1 heterocycles. The lowest BCUT2D eigenvalue weighted by atomic mass is 9.75. The highest BCUT2D eigenvalue weighted by atomic mass is 32.2. The molecule has 0 bridgehead atoms. The molecule has 0 atom stereocenters. The van der Waals surface area contributed by atoms with E-state index < -0.39 is 10.0 Å². The van der Waals surface area contributed by atoms with Gasteiger partial charge in [0, 0.05) is 0 Å². The average molecular weight is 428 g/mol. The third-order valence-corrected chi connectivity index (χ3v) is 7.06. The van der Waals surface area contributed by atoms with Gasteiger partial charge in [0.1, 0.15) is 0 Å². The molecule has 0 fully saturated rings. The number of sulfonamides is 1. The van der Waals surface area contributed by atoms with Crippen molar-refractivity contribution in [1.82, 2.24) is 4.98 Å². The Balaban J connectivity index is 2.04. The van der Waals surface area contributed by atoms with Crippen LogP contribution in [0.15, 0.2) is 41.3 Å². The number of nitrogens with zero attached hydrogens (tertiary/aromatic N) is 2. The number of nitrogens with one attached hydrogen (secondary N) is 1. The van der Waals surface area contributed by atoms with Gasteiger partial charge in [-0.25, -0.2) is 18.2 Å². The van der Waals surface area contributed by atoms with E-state index in [9.17, 15) is 8.42 Å². The van der Waals surface area contributed by atoms with Crippen LogP contribution in [-0.2, 0) is 20.9 Å². The van der Waals surface area contributed by atoms with E-state index in [1.807, 2.05) is 0 Å². The molecule has 0 unspecified atom stereocenters. The summed E-state index contributed by atoms with van der Waals surface area (Å²) in [7, 11) is -3.77. The maximum absolute atomic E-state index is 12.7. The van der Waals surface area contributed by atoms with E-state index in [1.54, 1.807) is 0 Å². The van der Waals surface area contributed by atoms with Gasteiger partial charge in [0.05, 0.1) is 21.7 Å². The van der Waals surface area contributed by atoms with Crippen molar-refractivity contribution in [2.45, 2.75) is 57.3 Å². The first-order valence-electron chi connectivity index (χ1n) is 9.27. The molecule has 29 heavy (non-hydrogen) atoms. The number of anilines is 1. The maximum atomic E-state index is 12.7. The zero-order valence-electron chi connectivity index (χ0n) is 17.5. The molecular weight excluding hydrogens is 402 g/mol. The Kier molecular flexibility index (Phi) is 5.22. The summed E-state index contributed by atoms with van der Waals surface area (Å²) in [6.45, 7) is 20.0. The molecule has 0 saturated heterocycles. The van der Waals surface area contributed by atoms with Gasteiger partial charge in [-0.05, 0) is 34.1 Å². The molecule has 3 rings (SSSR count). The minimum absolute atomic E-state index is 0.0366. The van der Waals surface area contributed by atoms with Crippen LogP contribution in [0.1, 0.15) is 52.7 Å². The van der Waals surface area contributed by atoms with Crippen molar-refractivity contribution in [2.24, 2.45) is 0 Å². The molecule has 0 aliphatic carbocycles. The number of rotatable bonds is 3. The Morgan fingerprint density at radius 1 is 0.966 bits per heavy atom. The highest BCUT2D eigenvalue weighted by Crippen LogP contribution is 2.39. The summed E-state index contributed by atoms with van der Waals surface area (Å²) in [4.78, 5) is 7.93. The van der Waals surface area contributed by atoms with Gasteiger partial charge in [0.15, 0.2) is 10.8 Å². The second-order valence-electron chi connectivity index (χ2n) is 9.10. The quantitative estimate of drug-likeness (QED) is 0.503. The smallest absolute Gasteiger partial charge is 0.255 e. The van der Waals surface area contributed by atoms with Crippen LogP contribution in [0.3, 0.4) is 0 Å². The standard InChI is InChI=1S/C22H25N3O2S2/c1-21(2,3)16-12-18-19(13-17(16)22(4,5)6)28-20(24-18)25-29(26,27)15-10-8-14(23-7)9-11-15/h8-13H,1-6H3,(H,24,25). The molecule has 0 aliphatic rings. The number of aromatic nitrogens is 1. The molecule has 7 heteroatoms. The second-order valence-corrected chi connectivity index (χ2v) is 11.8. The zero-order valence-corrected chi connectivity index (χ0v) is 19.1. The van der Waals surface area contributed by atoms with Crippen LogP contribution in [0.25, 0.3) is 15.1 Å². The molecule has 3 aromatic rings. The molecule has 5 nitrogen and oxygen atoms in total. The summed E-state index contributed by atoms with van der Waals surface area (Å²) in [5.74, 6) is 0. The molecule has 1 N–H and O–H groups in total. The monoisotopic (exact) mass is 427 g/mol. The van der Waals surface area contributed by atoms with Gasteiger partial charge in [-0.1, -0.05) is 77.1 Å². The number of hydrogen-bond acceptors (Lipinski definition) is 4. The predicted molar refractivity (Wildman–Crippen MR) is 121 cm³/mol. The van der Waals surface area contributed by atoms with Crippen LogP contribution in [-0.4, -0.2) is 13.4 Å². The van der Waals surface area contributed by atoms with Crippen LogP contribution in [0, 0.1) is 6.57 Å². The molecule has 0 amide bonds. The maximum Gasteiger partial charge on any atom is 0.263 e. The van der Waals surface area contributed by atoms with Gasteiger partial charge in [-0.2, -0.15) is 0 Å². The lowest BCUT2D eigenvalue weighted by Gasteiger charge is -2.30. The van der Waals surface area contributed by atoms with Gasteiger partial charge in [-0.3, -0.25) is 4.72 Å². The number of hydrogen-bond donors (Lipinski definition) is 1. The van der Waals surface area contributed by atoms with Crippen LogP contribution >= 0.6 is 11.3 Å². The zero-order chi connectivity index (χ0) is 21.6. The number of benzene rings is 2. The fourth-order valence-corrected chi connectivity index (χ4v) is 5.25. The summed E-state index contributed by atoms with van der Waals surface area (Å²) >= 11 is 1.33. The van der Waals surface area contributed by atoms with Crippen molar-refractivity contribution in [2.75, 3.05) is 4.72 Å². The van der Waals surface area contributed by atoms with Crippen molar-refractivity contribution in [1.29, 1.82) is 0 Å². The van der Waals surface area contributed by atoms with Crippen LogP contribution in [0.5, 0.6) is 0 Å². The highest BCUT2D eigenvalue weighted by molar-refractivity contribution is 7.93. The topological polar surface area (TPSA) is 63.4 Å². The lowest BCUT2D eigenvalue weighted by Crippen LogP contribution is -2.21. The van der Waals surface area contributed by atoms with E-state index in [-0.39, 0.29) is 15.7 Å². The molecule has 0 radical (unpaired) electrons. The third-order valence-electron chi connectivity index (χ3n) is 4.64. The van der Waals surface area contributed by atoms with Crippen molar-refractivity contribution in [3.63, 3.8) is 0 Å². The van der Waals surface area contributed by atoms with Gasteiger partial charge in [0.2, 0.25) is 0 Å². The van der Waals surface area contributed by atoms with Crippen molar-refractivity contribution in [3.05, 3.63) is 58.9 Å². The Morgan fingerprint density at radius 3 is 2.03 bits per heavy atom. The molecular formula is C22H25N3O2S2. The third kappa shape index (κ3) is 4.44. The molecule has 152 valence electrons. The number of fused-ring (bicyclic) bond motifs is 1. The van der Waals surface area contributed by atoms with E-state index in [1.165, 1.54) is 46.7 Å². The molecule has 0 saturated carbocycles. The summed E-state index contributed by atoms with van der Waals surface area (Å²) < 4.78 is 28.9. The minimum Gasteiger partial charge on any atom is -0.255 e. The summed E-state index contributed by atoms with van der Waals surface area (Å²) in [6.07, 6.45) is 0. The molecule has 1 aromatic heterocycles. The minimum atomic E-state index is -3.77. The van der Waals surface area contributed by atoms with E-state index in [2.05, 4.69) is 68.2 Å². The van der Waals surface area contributed by atoms with Crippen LogP contribution < -0.4 is 4.72 Å². The van der Waals surface area contributed by atoms with Gasteiger partial charge in [0.25, 0.3) is 10.0 Å². The Hall–Kier alpha value is -2.43. The highest BCUT2D eigenvalue weighted by Gasteiger charge is 2.27. The summed E-state index contributed by atoms with van der Waals surface area (Å²) in [5, 5.41) is 0.333. The largest absolute Gasteiger partial charge is 0.263 e. The fraction of sp³-hybridized carbons (Fsp3) is 0.364. The first kappa shape index (κ1) is 21.3. The van der Waals surface area contributed by atoms with Crippen molar-refractivity contribution in [3.8, 4) is 0 Å². The normalized spacial score (nSPS) is 12.7. The lowest BCUT2D eigenvalue weighted by molar-refractivity contribution is 0.531. The molecule has 2 aromatic carbocycles. The first-order valence-corrected chi connectivity index (χ1v) is 11.6. The van der Waals surface area contributed by atoms with Gasteiger partial charge >= 0.3 is 0 Å². The van der Waals surface area contributed by atoms with E-state index >= 15 is 0 Å². The second kappa shape index (κ2) is 7.12. The summed E-state index contributed by atoms with van der Waals surface area (Å²) in [6, 6.07) is 10.1. The summed E-state index contributed by atoms with van der Waals surface area (Å²) in [5.41, 5.74) is 3.55. The van der Waals surface area contributed by atoms with Crippen molar-refractivity contribution >= 4 is 42.4 Å². The van der Waals surface area contributed by atoms with E-state index in [0.29, 0.717) is 10.8 Å². The van der Waals surface area contributed by atoms with Crippen LogP contribution in [0.4, 0.5) is 10.8 Å². The Bertz CT molecular complexity index is 1150. The fourth-order valence-electron chi connectivity index (χ4n) is 3.13. The SMILES string of the molecule is [C-]#[N+]c1ccc(S(=O)(=O)Nc2nc3cc(C(C)(C)C)c(C(C)(C)C)cc3s2)cc1. The first-order chi connectivity index (χ1) is 13.3. The van der Waals surface area contributed by atoms with Crippen molar-refractivity contribution < 1.29 is 8.42 Å². The van der Waals surface area contributed by atoms with E-state index in [4.69, 9.17) is 6.57 Å². The predicted octanol–water partition coefficient (Wildman–Crippen LogP) is 6.24. The van der Waals surface area contributed by atoms with Gasteiger partial charge < -0.3 is 0 Å². The molecule has 0 aliphatic heterocycles. The van der Waals surface area contributed by atoms with Crippen LogP contribution in [0.2, 0.25) is 0 Å². The Labute approximate surface area is 176 Å². The van der Waals surface area contributed by atoms with E-state index in [0.717, 1.165) is 10.2 Å². The van der Waals surface area contributed by atoms with Gasteiger partial charge in [-0.15, -0.1) is 0 Å². The number of thiazole rings is 1. The Morgan fingerprint density at radius 2 is 1.52 bits per heavy atom. The average Bonchev–Trinajstić information content (AvgIpc) is 2.99.